The summed E-state index contributed by atoms with van der Waals surface area (Å²) >= 11 is 6.07. The summed E-state index contributed by atoms with van der Waals surface area (Å²) in [6.45, 7) is 8.26. The minimum absolute atomic E-state index is 0.0873. The van der Waals surface area contributed by atoms with Gasteiger partial charge in [0.15, 0.2) is 0 Å². The summed E-state index contributed by atoms with van der Waals surface area (Å²) in [5.41, 5.74) is 4.51. The standard InChI is InChI=1S/C21H23ClN4/c1-21(2,3)23-12-13-25-19(15-8-10-16(22)11-9-15)14-26-18-7-5-4-6-17(18)24-20(25)26/h4-11,14,23H,12-13H2,1-3H3. The van der Waals surface area contributed by atoms with Crippen LogP contribution in [0.25, 0.3) is 28.1 Å². The van der Waals surface area contributed by atoms with Gasteiger partial charge in [-0.15, -0.1) is 0 Å². The van der Waals surface area contributed by atoms with E-state index in [4.69, 9.17) is 16.6 Å². The van der Waals surface area contributed by atoms with E-state index in [0.717, 1.165) is 46.2 Å². The summed E-state index contributed by atoms with van der Waals surface area (Å²) in [5.74, 6) is 0.965. The first-order valence-corrected chi connectivity index (χ1v) is 9.27. The molecule has 0 saturated carbocycles. The third-order valence-corrected chi connectivity index (χ3v) is 4.74. The van der Waals surface area contributed by atoms with Crippen LogP contribution in [0.1, 0.15) is 20.8 Å². The van der Waals surface area contributed by atoms with E-state index in [2.05, 4.69) is 71.6 Å². The fourth-order valence-electron chi connectivity index (χ4n) is 3.26. The lowest BCUT2D eigenvalue weighted by molar-refractivity contribution is 0.414. The Morgan fingerprint density at radius 3 is 2.50 bits per heavy atom. The average molecular weight is 367 g/mol. The molecule has 5 heteroatoms. The van der Waals surface area contributed by atoms with Crippen LogP contribution in [-0.2, 0) is 6.54 Å². The second kappa shape index (κ2) is 6.45. The zero-order chi connectivity index (χ0) is 18.3. The maximum atomic E-state index is 6.07. The molecule has 26 heavy (non-hydrogen) atoms. The monoisotopic (exact) mass is 366 g/mol. The van der Waals surface area contributed by atoms with E-state index in [1.807, 2.05) is 18.2 Å². The summed E-state index contributed by atoms with van der Waals surface area (Å²) in [5, 5.41) is 4.31. The lowest BCUT2D eigenvalue weighted by Crippen LogP contribution is -2.37. The number of nitrogens with one attached hydrogen (secondary N) is 1. The molecular weight excluding hydrogens is 344 g/mol. The third-order valence-electron chi connectivity index (χ3n) is 4.49. The molecule has 0 radical (unpaired) electrons. The first kappa shape index (κ1) is 17.1. The Bertz CT molecular complexity index is 1050. The molecule has 1 N–H and O–H groups in total. The van der Waals surface area contributed by atoms with Crippen LogP contribution in [0.4, 0.5) is 0 Å². The van der Waals surface area contributed by atoms with Gasteiger partial charge in [-0.3, -0.25) is 4.40 Å². The molecule has 0 fully saturated rings. The van der Waals surface area contributed by atoms with Crippen molar-refractivity contribution in [2.75, 3.05) is 6.54 Å². The van der Waals surface area contributed by atoms with E-state index in [-0.39, 0.29) is 5.54 Å². The maximum absolute atomic E-state index is 6.07. The van der Waals surface area contributed by atoms with Crippen molar-refractivity contribution in [2.45, 2.75) is 32.9 Å². The number of halogens is 1. The van der Waals surface area contributed by atoms with E-state index < -0.39 is 0 Å². The van der Waals surface area contributed by atoms with Crippen LogP contribution >= 0.6 is 11.6 Å². The number of benzene rings is 2. The summed E-state index contributed by atoms with van der Waals surface area (Å²) in [6.07, 6.45) is 2.17. The molecule has 0 aliphatic carbocycles. The molecular formula is C21H23ClN4. The van der Waals surface area contributed by atoms with Gasteiger partial charge in [0, 0.05) is 29.8 Å². The lowest BCUT2D eigenvalue weighted by atomic mass is 10.1. The highest BCUT2D eigenvalue weighted by molar-refractivity contribution is 6.30. The smallest absolute Gasteiger partial charge is 0.215 e. The van der Waals surface area contributed by atoms with Gasteiger partial charge in [-0.1, -0.05) is 35.9 Å². The van der Waals surface area contributed by atoms with Crippen molar-refractivity contribution >= 4 is 28.4 Å². The van der Waals surface area contributed by atoms with Crippen LogP contribution in [0.2, 0.25) is 5.02 Å². The summed E-state index contributed by atoms with van der Waals surface area (Å²) in [4.78, 5) is 4.87. The SMILES string of the molecule is CC(C)(C)NCCn1c(-c2ccc(Cl)cc2)cn2c3ccccc3nc12. The second-order valence-corrected chi connectivity index (χ2v) is 8.06. The molecule has 4 nitrogen and oxygen atoms in total. The van der Waals surface area contributed by atoms with E-state index in [0.29, 0.717) is 0 Å². The van der Waals surface area contributed by atoms with Crippen LogP contribution in [0.15, 0.2) is 54.7 Å². The number of fused-ring (bicyclic) bond motifs is 3. The summed E-state index contributed by atoms with van der Waals surface area (Å²) in [6, 6.07) is 16.2. The molecule has 0 atom stereocenters. The molecule has 4 aromatic rings. The lowest BCUT2D eigenvalue weighted by Gasteiger charge is -2.21. The fourth-order valence-corrected chi connectivity index (χ4v) is 3.39. The van der Waals surface area contributed by atoms with Crippen LogP contribution in [0.3, 0.4) is 0 Å². The Hall–Kier alpha value is -2.30. The average Bonchev–Trinajstić information content (AvgIpc) is 3.11. The van der Waals surface area contributed by atoms with E-state index in [1.54, 1.807) is 0 Å². The Morgan fingerprint density at radius 1 is 1.04 bits per heavy atom. The van der Waals surface area contributed by atoms with Crippen molar-refractivity contribution in [3.8, 4) is 11.3 Å². The van der Waals surface area contributed by atoms with Crippen LogP contribution in [0, 0.1) is 0 Å². The van der Waals surface area contributed by atoms with Crippen LogP contribution < -0.4 is 5.32 Å². The normalized spacial score (nSPS) is 12.3. The molecule has 0 saturated heterocycles. The summed E-state index contributed by atoms with van der Waals surface area (Å²) < 4.78 is 4.46. The topological polar surface area (TPSA) is 34.3 Å². The van der Waals surface area contributed by atoms with Gasteiger partial charge in [0.25, 0.3) is 0 Å². The molecule has 0 aliphatic heterocycles. The number of hydrogen-bond acceptors (Lipinski definition) is 2. The Balaban J connectivity index is 1.83. The largest absolute Gasteiger partial charge is 0.310 e. The highest BCUT2D eigenvalue weighted by atomic mass is 35.5. The number of rotatable bonds is 4. The Morgan fingerprint density at radius 2 is 1.77 bits per heavy atom. The maximum Gasteiger partial charge on any atom is 0.215 e. The van der Waals surface area contributed by atoms with Gasteiger partial charge in [-0.2, -0.15) is 0 Å². The zero-order valence-corrected chi connectivity index (χ0v) is 16.1. The molecule has 134 valence electrons. The van der Waals surface area contributed by atoms with Gasteiger partial charge in [0.1, 0.15) is 0 Å². The van der Waals surface area contributed by atoms with Crippen LogP contribution in [0.5, 0.6) is 0 Å². The van der Waals surface area contributed by atoms with E-state index in [9.17, 15) is 0 Å². The minimum Gasteiger partial charge on any atom is -0.310 e. The number of aromatic nitrogens is 3. The number of hydrogen-bond donors (Lipinski definition) is 1. The third kappa shape index (κ3) is 3.22. The van der Waals surface area contributed by atoms with Crippen molar-refractivity contribution in [3.05, 3.63) is 59.8 Å². The van der Waals surface area contributed by atoms with Crippen molar-refractivity contribution in [3.63, 3.8) is 0 Å². The Labute approximate surface area is 158 Å². The van der Waals surface area contributed by atoms with Gasteiger partial charge in [-0.25, -0.2) is 4.98 Å². The summed E-state index contributed by atoms with van der Waals surface area (Å²) in [7, 11) is 0. The molecule has 0 aliphatic rings. The first-order chi connectivity index (χ1) is 12.4. The quantitative estimate of drug-likeness (QED) is 0.551. The van der Waals surface area contributed by atoms with Crippen molar-refractivity contribution in [1.82, 2.24) is 19.3 Å². The van der Waals surface area contributed by atoms with Gasteiger partial charge >= 0.3 is 0 Å². The molecule has 2 aromatic heterocycles. The molecule has 2 aromatic carbocycles. The van der Waals surface area contributed by atoms with Crippen LogP contribution in [-0.4, -0.2) is 26.0 Å². The van der Waals surface area contributed by atoms with Crippen molar-refractivity contribution in [1.29, 1.82) is 0 Å². The Kier molecular flexibility index (Phi) is 4.25. The first-order valence-electron chi connectivity index (χ1n) is 8.90. The molecule has 2 heterocycles. The predicted molar refractivity (Wildman–Crippen MR) is 109 cm³/mol. The molecule has 0 spiro atoms. The highest BCUT2D eigenvalue weighted by Gasteiger charge is 2.16. The van der Waals surface area contributed by atoms with Gasteiger partial charge in [-0.05, 0) is 50.6 Å². The molecule has 0 amide bonds. The van der Waals surface area contributed by atoms with E-state index in [1.165, 1.54) is 0 Å². The van der Waals surface area contributed by atoms with E-state index >= 15 is 0 Å². The molecule has 0 bridgehead atoms. The van der Waals surface area contributed by atoms with Gasteiger partial charge in [0.05, 0.1) is 16.7 Å². The number of para-hydroxylation sites is 2. The van der Waals surface area contributed by atoms with Gasteiger partial charge in [0.2, 0.25) is 5.78 Å². The second-order valence-electron chi connectivity index (χ2n) is 7.62. The highest BCUT2D eigenvalue weighted by Crippen LogP contribution is 2.27. The fraction of sp³-hybridized carbons (Fsp3) is 0.286. The van der Waals surface area contributed by atoms with Gasteiger partial charge < -0.3 is 9.88 Å². The number of nitrogens with zero attached hydrogens (tertiary/aromatic N) is 3. The molecule has 0 unspecified atom stereocenters. The van der Waals surface area contributed by atoms with Crippen molar-refractivity contribution in [2.24, 2.45) is 0 Å². The van der Waals surface area contributed by atoms with Crippen molar-refractivity contribution < 1.29 is 0 Å². The number of imidazole rings is 2. The minimum atomic E-state index is 0.0873. The zero-order valence-electron chi connectivity index (χ0n) is 15.3. The predicted octanol–water partition coefficient (Wildman–Crippen LogP) is 5.00. The molecule has 4 rings (SSSR count).